The SMILES string of the molecule is CC(C)C[C@@H](CC(=O)O)NC(=O)C[C@H](CSCc1ccccc1)NC(=O)C[C@H](CC(C)C)NC(=O)C[C@H](CSCc1ccccc1)NC(=O)C[C@@H](NC(=O)OC(C)(C)C)C(C)C. The van der Waals surface area contributed by atoms with Crippen LogP contribution in [-0.2, 0) is 40.2 Å². The smallest absolute Gasteiger partial charge is 0.407 e. The van der Waals surface area contributed by atoms with E-state index in [0.717, 1.165) is 11.1 Å². The lowest BCUT2D eigenvalue weighted by Gasteiger charge is -2.27. The van der Waals surface area contributed by atoms with Crippen LogP contribution in [0.15, 0.2) is 60.7 Å². The van der Waals surface area contributed by atoms with Crippen molar-refractivity contribution in [1.29, 1.82) is 0 Å². The van der Waals surface area contributed by atoms with Crippen molar-refractivity contribution in [1.82, 2.24) is 26.6 Å². The van der Waals surface area contributed by atoms with Gasteiger partial charge in [0.25, 0.3) is 0 Å². The van der Waals surface area contributed by atoms with Gasteiger partial charge in [-0.15, -0.1) is 0 Å². The number of hydrogen-bond donors (Lipinski definition) is 6. The van der Waals surface area contributed by atoms with Gasteiger partial charge >= 0.3 is 12.1 Å². The fraction of sp³-hybridized carbons (Fsp3) is 0.617. The third kappa shape index (κ3) is 25.6. The van der Waals surface area contributed by atoms with Crippen LogP contribution in [0.2, 0.25) is 0 Å². The van der Waals surface area contributed by atoms with Crippen molar-refractivity contribution in [3.8, 4) is 0 Å². The van der Waals surface area contributed by atoms with Gasteiger partial charge in [0.15, 0.2) is 0 Å². The van der Waals surface area contributed by atoms with Gasteiger partial charge in [0, 0.05) is 78.9 Å². The number of amides is 5. The number of nitrogens with one attached hydrogen (secondary N) is 5. The molecule has 346 valence electrons. The van der Waals surface area contributed by atoms with Gasteiger partial charge in [-0.1, -0.05) is 102 Å². The maximum absolute atomic E-state index is 13.8. The summed E-state index contributed by atoms with van der Waals surface area (Å²) in [5.74, 6) is 0.216. The maximum Gasteiger partial charge on any atom is 0.407 e. The summed E-state index contributed by atoms with van der Waals surface area (Å²) >= 11 is 3.18. The van der Waals surface area contributed by atoms with Crippen molar-refractivity contribution in [3.63, 3.8) is 0 Å². The number of benzene rings is 2. The predicted molar refractivity (Wildman–Crippen MR) is 251 cm³/mol. The lowest BCUT2D eigenvalue weighted by molar-refractivity contribution is -0.138. The number of alkyl carbamates (subject to hydrolysis) is 1. The highest BCUT2D eigenvalue weighted by molar-refractivity contribution is 7.98. The summed E-state index contributed by atoms with van der Waals surface area (Å²) in [7, 11) is 0. The lowest BCUT2D eigenvalue weighted by atomic mass is 9.99. The second-order valence-corrected chi connectivity index (χ2v) is 20.3. The molecule has 0 saturated heterocycles. The zero-order valence-corrected chi connectivity index (χ0v) is 39.9. The summed E-state index contributed by atoms with van der Waals surface area (Å²) in [6, 6.07) is 17.2. The van der Waals surface area contributed by atoms with E-state index >= 15 is 0 Å². The number of carboxylic acid groups (broad SMARTS) is 1. The van der Waals surface area contributed by atoms with Gasteiger partial charge in [0.1, 0.15) is 5.60 Å². The highest BCUT2D eigenvalue weighted by Gasteiger charge is 2.27. The molecule has 0 aliphatic heterocycles. The molecule has 5 atom stereocenters. The fourth-order valence-electron chi connectivity index (χ4n) is 6.76. The lowest BCUT2D eigenvalue weighted by Crippen LogP contribution is -2.48. The standard InChI is InChI=1S/C47H73N5O8S2/c1-31(2)20-36(22-41(53)50-38(29-61-27-34-16-12-10-13-17-34)23-43(55)49-37(21-32(3)4)25-45(57)58)48-42(54)24-39(30-62-28-35-18-14-11-15-19-35)51-44(56)26-40(33(5)6)52-46(59)60-47(7,8)9/h10-19,31-33,36-40H,20-30H2,1-9H3,(H,48,54)(H,49,55)(H,50,53)(H,51,56)(H,52,59)(H,57,58)/t36-,37-,38+,39+,40+/m0/s1. The average molecular weight is 900 g/mol. The molecule has 13 nitrogen and oxygen atoms in total. The number of aliphatic carboxylic acids is 1. The minimum Gasteiger partial charge on any atom is -0.481 e. The van der Waals surface area contributed by atoms with Gasteiger partial charge in [-0.25, -0.2) is 4.79 Å². The quantitative estimate of drug-likeness (QED) is 0.0500. The van der Waals surface area contributed by atoms with Crippen molar-refractivity contribution in [2.45, 2.75) is 155 Å². The Morgan fingerprint density at radius 1 is 0.548 bits per heavy atom. The van der Waals surface area contributed by atoms with Crippen molar-refractivity contribution in [3.05, 3.63) is 71.8 Å². The van der Waals surface area contributed by atoms with Crippen LogP contribution in [0.4, 0.5) is 4.79 Å². The van der Waals surface area contributed by atoms with E-state index in [2.05, 4.69) is 26.6 Å². The Bertz CT molecular complexity index is 1670. The van der Waals surface area contributed by atoms with Gasteiger partial charge < -0.3 is 36.4 Å². The monoisotopic (exact) mass is 899 g/mol. The summed E-state index contributed by atoms with van der Waals surface area (Å²) in [6.07, 6.45) is 0.144. The van der Waals surface area contributed by atoms with Crippen LogP contribution in [0.25, 0.3) is 0 Å². The molecule has 0 saturated carbocycles. The first-order valence-corrected chi connectivity index (χ1v) is 24.1. The molecule has 0 bridgehead atoms. The van der Waals surface area contributed by atoms with Gasteiger partial charge in [-0.05, 0) is 62.5 Å². The molecule has 0 heterocycles. The van der Waals surface area contributed by atoms with Crippen LogP contribution in [0.3, 0.4) is 0 Å². The van der Waals surface area contributed by atoms with E-state index < -0.39 is 47.9 Å². The second-order valence-electron chi connectivity index (χ2n) is 18.2. The number of rotatable bonds is 28. The van der Waals surface area contributed by atoms with Gasteiger partial charge in [-0.2, -0.15) is 23.5 Å². The Labute approximate surface area is 378 Å². The number of carbonyl (C=O) groups excluding carboxylic acids is 5. The Morgan fingerprint density at radius 3 is 1.29 bits per heavy atom. The predicted octanol–water partition coefficient (Wildman–Crippen LogP) is 7.47. The van der Waals surface area contributed by atoms with Crippen LogP contribution in [0, 0.1) is 17.8 Å². The molecule has 0 fully saturated rings. The van der Waals surface area contributed by atoms with Crippen LogP contribution >= 0.6 is 23.5 Å². The molecular formula is C47H73N5O8S2. The highest BCUT2D eigenvalue weighted by Crippen LogP contribution is 2.18. The number of ether oxygens (including phenoxy) is 1. The molecule has 0 aliphatic rings. The third-order valence-corrected chi connectivity index (χ3v) is 11.8. The van der Waals surface area contributed by atoms with Gasteiger partial charge in [0.05, 0.1) is 6.42 Å². The zero-order valence-electron chi connectivity index (χ0n) is 38.3. The Kier molecular flexibility index (Phi) is 24.7. The molecule has 0 aromatic heterocycles. The minimum atomic E-state index is -0.996. The van der Waals surface area contributed by atoms with Crippen LogP contribution in [-0.4, -0.2) is 88.1 Å². The first-order chi connectivity index (χ1) is 29.2. The summed E-state index contributed by atoms with van der Waals surface area (Å²) < 4.78 is 5.43. The molecule has 0 unspecified atom stereocenters. The molecule has 0 radical (unpaired) electrons. The molecule has 15 heteroatoms. The van der Waals surface area contributed by atoms with E-state index in [-0.39, 0.29) is 73.5 Å². The fourth-order valence-corrected chi connectivity index (χ4v) is 8.82. The largest absolute Gasteiger partial charge is 0.481 e. The van der Waals surface area contributed by atoms with Crippen molar-refractivity contribution < 1.29 is 38.6 Å². The summed E-state index contributed by atoms with van der Waals surface area (Å²) in [5.41, 5.74) is 1.52. The van der Waals surface area contributed by atoms with Crippen molar-refractivity contribution in [2.24, 2.45) is 17.8 Å². The Hall–Kier alpha value is -4.24. The first kappa shape index (κ1) is 53.9. The number of thioether (sulfide) groups is 2. The highest BCUT2D eigenvalue weighted by atomic mass is 32.2. The maximum atomic E-state index is 13.8. The molecule has 2 aromatic rings. The molecule has 5 amide bonds. The van der Waals surface area contributed by atoms with E-state index in [0.29, 0.717) is 35.9 Å². The summed E-state index contributed by atoms with van der Waals surface area (Å²) in [6.45, 7) is 17.1. The molecular weight excluding hydrogens is 827 g/mol. The van der Waals surface area contributed by atoms with E-state index in [9.17, 15) is 33.9 Å². The number of carbonyl (C=O) groups is 6. The number of hydrogen-bond acceptors (Lipinski definition) is 9. The second kappa shape index (κ2) is 28.4. The Balaban J connectivity index is 2.18. The van der Waals surface area contributed by atoms with Crippen molar-refractivity contribution in [2.75, 3.05) is 11.5 Å². The topological polar surface area (TPSA) is 192 Å². The number of carboxylic acids is 1. The van der Waals surface area contributed by atoms with Crippen LogP contribution in [0.1, 0.15) is 118 Å². The molecule has 6 N–H and O–H groups in total. The first-order valence-electron chi connectivity index (χ1n) is 21.8. The van der Waals surface area contributed by atoms with Crippen molar-refractivity contribution >= 4 is 59.2 Å². The van der Waals surface area contributed by atoms with E-state index in [1.807, 2.05) is 102 Å². The van der Waals surface area contributed by atoms with E-state index in [1.54, 1.807) is 44.3 Å². The zero-order chi connectivity index (χ0) is 46.2. The molecule has 2 rings (SSSR count). The van der Waals surface area contributed by atoms with E-state index in [4.69, 9.17) is 4.74 Å². The molecule has 62 heavy (non-hydrogen) atoms. The van der Waals surface area contributed by atoms with Crippen LogP contribution in [0.5, 0.6) is 0 Å². The van der Waals surface area contributed by atoms with Gasteiger partial charge in [-0.3, -0.25) is 24.0 Å². The van der Waals surface area contributed by atoms with E-state index in [1.165, 1.54) is 0 Å². The van der Waals surface area contributed by atoms with Crippen LogP contribution < -0.4 is 26.6 Å². The molecule has 2 aromatic carbocycles. The van der Waals surface area contributed by atoms with Gasteiger partial charge in [0.2, 0.25) is 23.6 Å². The summed E-state index contributed by atoms with van der Waals surface area (Å²) in [5, 5.41) is 24.3. The normalized spacial score (nSPS) is 14.0. The Morgan fingerprint density at radius 2 is 0.919 bits per heavy atom. The summed E-state index contributed by atoms with van der Waals surface area (Å²) in [4.78, 5) is 78.4. The average Bonchev–Trinajstić information content (AvgIpc) is 3.13. The molecule has 0 spiro atoms. The minimum absolute atomic E-state index is 0.00467. The third-order valence-electron chi connectivity index (χ3n) is 9.46. The molecule has 0 aliphatic carbocycles.